The van der Waals surface area contributed by atoms with Crippen molar-refractivity contribution in [3.63, 3.8) is 0 Å². The van der Waals surface area contributed by atoms with Gasteiger partial charge in [-0.15, -0.1) is 0 Å². The van der Waals surface area contributed by atoms with Gasteiger partial charge in [-0.25, -0.2) is 4.98 Å². The summed E-state index contributed by atoms with van der Waals surface area (Å²) in [5.41, 5.74) is 0.408. The zero-order valence-electron chi connectivity index (χ0n) is 15.0. The van der Waals surface area contributed by atoms with Gasteiger partial charge in [0.1, 0.15) is 5.69 Å². The number of nitrogens with one attached hydrogen (secondary N) is 1. The summed E-state index contributed by atoms with van der Waals surface area (Å²) in [6, 6.07) is 4.39. The normalized spacial score (nSPS) is 16.8. The highest BCUT2D eigenvalue weighted by Crippen LogP contribution is 2.26. The number of hydrogen-bond acceptors (Lipinski definition) is 5. The van der Waals surface area contributed by atoms with E-state index in [4.69, 9.17) is 0 Å². The second-order valence-electron chi connectivity index (χ2n) is 6.42. The highest BCUT2D eigenvalue weighted by Gasteiger charge is 2.29. The summed E-state index contributed by atoms with van der Waals surface area (Å²) >= 11 is 0. The molecule has 1 unspecified atom stereocenters. The molecule has 27 heavy (non-hydrogen) atoms. The van der Waals surface area contributed by atoms with Crippen molar-refractivity contribution in [1.82, 2.24) is 19.8 Å². The third-order valence-electron chi connectivity index (χ3n) is 4.63. The van der Waals surface area contributed by atoms with Crippen LogP contribution in [0.1, 0.15) is 30.1 Å². The number of likely N-dealkylation sites (tertiary alicyclic amines) is 1. The molecule has 2 amide bonds. The predicted molar refractivity (Wildman–Crippen MR) is 97.5 cm³/mol. The lowest BCUT2D eigenvalue weighted by molar-refractivity contribution is -0.384. The minimum Gasteiger partial charge on any atom is -0.356 e. The molecule has 0 spiro atoms. The number of nitro groups is 1. The Morgan fingerprint density at radius 1 is 1.41 bits per heavy atom. The van der Waals surface area contributed by atoms with Gasteiger partial charge in [0.15, 0.2) is 0 Å². The number of carbonyl (C=O) groups excluding carboxylic acids is 2. The molecule has 1 aromatic carbocycles. The molecule has 2 heterocycles. The molecule has 9 nitrogen and oxygen atoms in total. The molecule has 1 aromatic heterocycles. The van der Waals surface area contributed by atoms with E-state index < -0.39 is 4.92 Å². The largest absolute Gasteiger partial charge is 0.356 e. The fourth-order valence-corrected chi connectivity index (χ4v) is 3.30. The fourth-order valence-electron chi connectivity index (χ4n) is 3.30. The first-order valence-electron chi connectivity index (χ1n) is 8.85. The van der Waals surface area contributed by atoms with Crippen LogP contribution in [-0.4, -0.2) is 50.8 Å². The van der Waals surface area contributed by atoms with E-state index in [1.807, 2.05) is 6.92 Å². The van der Waals surface area contributed by atoms with Crippen molar-refractivity contribution in [3.8, 4) is 5.69 Å². The van der Waals surface area contributed by atoms with E-state index in [1.165, 1.54) is 29.2 Å². The van der Waals surface area contributed by atoms with Crippen LogP contribution in [0.4, 0.5) is 5.69 Å². The Bertz CT molecular complexity index is 849. The molecule has 1 N–H and O–H groups in total. The maximum absolute atomic E-state index is 12.9. The van der Waals surface area contributed by atoms with Gasteiger partial charge in [-0.1, -0.05) is 0 Å². The van der Waals surface area contributed by atoms with Crippen molar-refractivity contribution >= 4 is 17.5 Å². The molecule has 1 fully saturated rings. The van der Waals surface area contributed by atoms with Crippen molar-refractivity contribution in [2.45, 2.75) is 19.8 Å². The van der Waals surface area contributed by atoms with Crippen LogP contribution in [0.25, 0.3) is 5.69 Å². The molecule has 0 bridgehead atoms. The van der Waals surface area contributed by atoms with Crippen molar-refractivity contribution in [1.29, 1.82) is 0 Å². The summed E-state index contributed by atoms with van der Waals surface area (Å²) in [5, 5.41) is 14.3. The lowest BCUT2D eigenvalue weighted by Gasteiger charge is -2.32. The van der Waals surface area contributed by atoms with Gasteiger partial charge in [-0.3, -0.25) is 19.7 Å². The van der Waals surface area contributed by atoms with E-state index in [1.54, 1.807) is 17.2 Å². The van der Waals surface area contributed by atoms with Gasteiger partial charge >= 0.3 is 0 Å². The molecule has 0 radical (unpaired) electrons. The molecule has 1 aliphatic heterocycles. The van der Waals surface area contributed by atoms with E-state index in [-0.39, 0.29) is 29.0 Å². The zero-order chi connectivity index (χ0) is 19.4. The van der Waals surface area contributed by atoms with E-state index in [2.05, 4.69) is 10.3 Å². The second kappa shape index (κ2) is 7.98. The van der Waals surface area contributed by atoms with Crippen molar-refractivity contribution in [2.24, 2.45) is 5.92 Å². The minimum atomic E-state index is -0.514. The number of carbonyl (C=O) groups is 2. The Labute approximate surface area is 156 Å². The highest BCUT2D eigenvalue weighted by atomic mass is 16.6. The Morgan fingerprint density at radius 3 is 2.89 bits per heavy atom. The first-order chi connectivity index (χ1) is 13.0. The summed E-state index contributed by atoms with van der Waals surface area (Å²) in [6.45, 7) is 3.25. The van der Waals surface area contributed by atoms with Gasteiger partial charge in [-0.2, -0.15) is 0 Å². The van der Waals surface area contributed by atoms with Gasteiger partial charge in [-0.05, 0) is 31.9 Å². The molecule has 0 saturated carbocycles. The molecule has 9 heteroatoms. The first-order valence-corrected chi connectivity index (χ1v) is 8.85. The molecule has 1 aliphatic rings. The number of rotatable bonds is 5. The van der Waals surface area contributed by atoms with Crippen molar-refractivity contribution in [3.05, 3.63) is 52.6 Å². The number of nitro benzene ring substituents is 1. The third kappa shape index (κ3) is 3.97. The number of imidazole rings is 1. The standard InChI is InChI=1S/C18H21N5O4/c1-2-20-17(24)14-4-3-8-21(11-14)18(25)13-5-6-15(16(10-13)23(26)27)22-9-7-19-12-22/h5-7,9-10,12,14H,2-4,8,11H2,1H3,(H,20,24). The number of aromatic nitrogens is 2. The minimum absolute atomic E-state index is 0.0589. The smallest absolute Gasteiger partial charge is 0.294 e. The summed E-state index contributed by atoms with van der Waals surface area (Å²) < 4.78 is 1.53. The lowest BCUT2D eigenvalue weighted by Crippen LogP contribution is -2.45. The summed E-state index contributed by atoms with van der Waals surface area (Å²) in [6.07, 6.45) is 6.05. The average Bonchev–Trinajstić information content (AvgIpc) is 3.22. The highest BCUT2D eigenvalue weighted by molar-refractivity contribution is 5.96. The topological polar surface area (TPSA) is 110 Å². The monoisotopic (exact) mass is 371 g/mol. The molecular weight excluding hydrogens is 350 g/mol. The summed E-state index contributed by atoms with van der Waals surface area (Å²) in [4.78, 5) is 41.4. The van der Waals surface area contributed by atoms with Gasteiger partial charge in [0.2, 0.25) is 5.91 Å². The van der Waals surface area contributed by atoms with E-state index in [9.17, 15) is 19.7 Å². The quantitative estimate of drug-likeness (QED) is 0.636. The van der Waals surface area contributed by atoms with Crippen LogP contribution in [0.5, 0.6) is 0 Å². The number of amides is 2. The van der Waals surface area contributed by atoms with E-state index >= 15 is 0 Å². The van der Waals surface area contributed by atoms with Crippen LogP contribution < -0.4 is 5.32 Å². The average molecular weight is 371 g/mol. The Balaban J connectivity index is 1.83. The molecule has 2 aromatic rings. The number of benzene rings is 1. The van der Waals surface area contributed by atoms with Gasteiger partial charge in [0.05, 0.1) is 17.2 Å². The van der Waals surface area contributed by atoms with Crippen LogP contribution in [0, 0.1) is 16.0 Å². The van der Waals surface area contributed by atoms with Crippen molar-refractivity contribution < 1.29 is 14.5 Å². The summed E-state index contributed by atoms with van der Waals surface area (Å²) in [7, 11) is 0. The van der Waals surface area contributed by atoms with Gasteiger partial charge < -0.3 is 14.8 Å². The maximum Gasteiger partial charge on any atom is 0.294 e. The molecular formula is C18H21N5O4. The van der Waals surface area contributed by atoms with Crippen molar-refractivity contribution in [2.75, 3.05) is 19.6 Å². The first kappa shape index (κ1) is 18.6. The molecule has 1 atom stereocenters. The zero-order valence-corrected chi connectivity index (χ0v) is 15.0. The van der Waals surface area contributed by atoms with Gasteiger partial charge in [0, 0.05) is 43.7 Å². The van der Waals surface area contributed by atoms with E-state index in [0.717, 1.165) is 12.8 Å². The Hall–Kier alpha value is -3.23. The second-order valence-corrected chi connectivity index (χ2v) is 6.42. The number of nitrogens with zero attached hydrogens (tertiary/aromatic N) is 4. The number of hydrogen-bond donors (Lipinski definition) is 1. The van der Waals surface area contributed by atoms with Crippen LogP contribution in [0.3, 0.4) is 0 Å². The fraction of sp³-hybridized carbons (Fsp3) is 0.389. The van der Waals surface area contributed by atoms with Gasteiger partial charge in [0.25, 0.3) is 11.6 Å². The Morgan fingerprint density at radius 2 is 2.22 bits per heavy atom. The van der Waals surface area contributed by atoms with Crippen LogP contribution >= 0.6 is 0 Å². The van der Waals surface area contributed by atoms with Crippen LogP contribution in [-0.2, 0) is 4.79 Å². The maximum atomic E-state index is 12.9. The molecule has 0 aliphatic carbocycles. The lowest BCUT2D eigenvalue weighted by atomic mass is 9.96. The SMILES string of the molecule is CCNC(=O)C1CCCN(C(=O)c2ccc(-n3ccnc3)c([N+](=O)[O-])c2)C1. The predicted octanol–water partition coefficient (Wildman–Crippen LogP) is 1.77. The number of piperidine rings is 1. The molecule has 3 rings (SSSR count). The van der Waals surface area contributed by atoms with E-state index in [0.29, 0.717) is 25.3 Å². The molecule has 1 saturated heterocycles. The van der Waals surface area contributed by atoms with Crippen LogP contribution in [0.2, 0.25) is 0 Å². The Kier molecular flexibility index (Phi) is 5.49. The summed E-state index contributed by atoms with van der Waals surface area (Å²) in [5.74, 6) is -0.608. The van der Waals surface area contributed by atoms with Crippen LogP contribution in [0.15, 0.2) is 36.9 Å². The third-order valence-corrected chi connectivity index (χ3v) is 4.63. The molecule has 142 valence electrons.